The van der Waals surface area contributed by atoms with Crippen molar-refractivity contribution in [2.45, 2.75) is 104 Å². The number of primary amides is 1. The second-order valence-corrected chi connectivity index (χ2v) is 11.9. The van der Waals surface area contributed by atoms with Gasteiger partial charge in [-0.05, 0) is 12.3 Å². The number of aliphatic hydroxyl groups is 1. The van der Waals surface area contributed by atoms with Crippen LogP contribution in [0.15, 0.2) is 0 Å². The summed E-state index contributed by atoms with van der Waals surface area (Å²) in [6, 6.07) is -4.17. The van der Waals surface area contributed by atoms with Gasteiger partial charge in [0.25, 0.3) is 0 Å². The maximum Gasteiger partial charge on any atom is 0.308 e. The van der Waals surface area contributed by atoms with Crippen molar-refractivity contribution in [3.8, 4) is 0 Å². The number of rotatable bonds is 20. The zero-order valence-electron chi connectivity index (χ0n) is 30.2. The summed E-state index contributed by atoms with van der Waals surface area (Å²) in [5.74, 6) is -8.93. The molecule has 1 fully saturated rings. The molecule has 0 aliphatic carbocycles. The molecule has 0 aromatic rings. The lowest BCUT2D eigenvalue weighted by molar-refractivity contribution is -0.274. The van der Waals surface area contributed by atoms with Crippen molar-refractivity contribution in [2.24, 2.45) is 11.7 Å². The monoisotopic (exact) mass is 760 g/mol. The fourth-order valence-electron chi connectivity index (χ4n) is 4.74. The van der Waals surface area contributed by atoms with E-state index in [2.05, 4.69) is 26.6 Å². The number of nitrogens with one attached hydrogen (secondary N) is 5. The number of carbonyl (C=O) groups is 10. The number of carbonyl (C=O) groups excluding carboxylic acids is 10. The molecule has 53 heavy (non-hydrogen) atoms. The highest BCUT2D eigenvalue weighted by Crippen LogP contribution is 2.26. The Morgan fingerprint density at radius 2 is 1.34 bits per heavy atom. The van der Waals surface area contributed by atoms with Crippen LogP contribution in [-0.4, -0.2) is 133 Å². The van der Waals surface area contributed by atoms with Gasteiger partial charge in [-0.15, -0.1) is 0 Å². The van der Waals surface area contributed by atoms with Gasteiger partial charge < -0.3 is 61.1 Å². The van der Waals surface area contributed by atoms with Gasteiger partial charge in [0.1, 0.15) is 18.1 Å². The molecule has 22 nitrogen and oxygen atoms in total. The summed E-state index contributed by atoms with van der Waals surface area (Å²) in [4.78, 5) is 122. The second kappa shape index (κ2) is 22.5. The summed E-state index contributed by atoms with van der Waals surface area (Å²) in [6.07, 6.45) is -6.40. The highest BCUT2D eigenvalue weighted by molar-refractivity contribution is 5.95. The van der Waals surface area contributed by atoms with Crippen LogP contribution in [0.4, 0.5) is 0 Å². The Morgan fingerprint density at radius 3 is 1.87 bits per heavy atom. The van der Waals surface area contributed by atoms with E-state index < -0.39 is 141 Å². The first-order valence-electron chi connectivity index (χ1n) is 16.4. The Bertz CT molecular complexity index is 1380. The molecule has 1 rings (SSSR count). The van der Waals surface area contributed by atoms with E-state index in [4.69, 9.17) is 29.4 Å². The van der Waals surface area contributed by atoms with Crippen molar-refractivity contribution in [1.82, 2.24) is 26.6 Å². The van der Waals surface area contributed by atoms with Gasteiger partial charge in [-0.2, -0.15) is 0 Å². The zero-order valence-corrected chi connectivity index (χ0v) is 30.2. The Morgan fingerprint density at radius 1 is 0.755 bits per heavy atom. The van der Waals surface area contributed by atoms with E-state index >= 15 is 0 Å². The molecule has 8 atom stereocenters. The van der Waals surface area contributed by atoms with Gasteiger partial charge in [-0.25, -0.2) is 0 Å². The summed E-state index contributed by atoms with van der Waals surface area (Å²) in [7, 11) is 0. The number of amides is 6. The lowest BCUT2D eigenvalue weighted by Crippen LogP contribution is -2.58. The van der Waals surface area contributed by atoms with Crippen LogP contribution in [0.25, 0.3) is 0 Å². The highest BCUT2D eigenvalue weighted by atomic mass is 16.7. The fourth-order valence-corrected chi connectivity index (χ4v) is 4.74. The van der Waals surface area contributed by atoms with E-state index in [0.717, 1.165) is 27.7 Å². The summed E-state index contributed by atoms with van der Waals surface area (Å²) in [5.41, 5.74) is 5.04. The van der Waals surface area contributed by atoms with Gasteiger partial charge in [0.15, 0.2) is 12.2 Å². The molecular formula is C31H48N6O16. The SMILES string of the molecule is CC[C@H](C)[C@H](NC(=O)CNC(=O)[C@H](CO)NC(=O)[C@H](CCC(=O)O[C@H]1OC[C@@H](OC(C)=O)[C@H](OC(C)=O)[C@H]1OC(C)=O)NC(C)=O)C(=O)NCC(N)=O. The van der Waals surface area contributed by atoms with E-state index in [1.165, 1.54) is 0 Å². The molecule has 1 aliphatic heterocycles. The standard InChI is InChI=1S/C31H48N6O16/c1-7-14(2)25(30(48)33-10-22(32)43)37-23(44)11-34-28(46)20(12-38)36-29(47)19(35-15(3)39)8-9-24(45)53-31-27(52-18(6)42)26(51-17(5)41)21(13-49-31)50-16(4)40/h14,19-21,25-27,31,38H,7-13H2,1-6H3,(H2,32,43)(H,33,48)(H,34,46)(H,35,39)(H,36,47)(H,37,44)/t14-,19-,20-,21+,25-,26-,27+,31+/m0/s1. The molecule has 0 radical (unpaired) electrons. The van der Waals surface area contributed by atoms with E-state index in [9.17, 15) is 53.1 Å². The molecule has 0 unspecified atom stereocenters. The third kappa shape index (κ3) is 16.7. The molecule has 1 heterocycles. The van der Waals surface area contributed by atoms with Crippen LogP contribution < -0.4 is 32.3 Å². The smallest absolute Gasteiger partial charge is 0.308 e. The van der Waals surface area contributed by atoms with Gasteiger partial charge in [-0.1, -0.05) is 20.3 Å². The van der Waals surface area contributed by atoms with Gasteiger partial charge in [0.2, 0.25) is 47.8 Å². The number of aliphatic hydroxyl groups excluding tert-OH is 1. The molecule has 0 saturated carbocycles. The summed E-state index contributed by atoms with van der Waals surface area (Å²) < 4.78 is 26.2. The van der Waals surface area contributed by atoms with E-state index in [1.54, 1.807) is 13.8 Å². The van der Waals surface area contributed by atoms with Gasteiger partial charge in [0, 0.05) is 34.1 Å². The molecule has 298 valence electrons. The van der Waals surface area contributed by atoms with Crippen LogP contribution in [0.5, 0.6) is 0 Å². The Labute approximate surface area is 304 Å². The Kier molecular flexibility index (Phi) is 19.4. The number of esters is 4. The predicted molar refractivity (Wildman–Crippen MR) is 175 cm³/mol. The van der Waals surface area contributed by atoms with Crippen LogP contribution in [-0.2, 0) is 71.6 Å². The number of hydrogen-bond acceptors (Lipinski definition) is 16. The van der Waals surface area contributed by atoms with Crippen molar-refractivity contribution in [3.05, 3.63) is 0 Å². The second-order valence-electron chi connectivity index (χ2n) is 11.9. The van der Waals surface area contributed by atoms with Crippen LogP contribution >= 0.6 is 0 Å². The van der Waals surface area contributed by atoms with Crippen LogP contribution in [0.1, 0.15) is 60.8 Å². The average Bonchev–Trinajstić information content (AvgIpc) is 3.06. The maximum absolute atomic E-state index is 13.1. The quantitative estimate of drug-likeness (QED) is 0.0456. The molecule has 22 heteroatoms. The van der Waals surface area contributed by atoms with E-state index in [1.807, 2.05) is 0 Å². The number of ether oxygens (including phenoxy) is 5. The van der Waals surface area contributed by atoms with Crippen molar-refractivity contribution in [3.63, 3.8) is 0 Å². The average molecular weight is 761 g/mol. The molecule has 8 N–H and O–H groups in total. The molecule has 1 saturated heterocycles. The van der Waals surface area contributed by atoms with Crippen molar-refractivity contribution >= 4 is 59.3 Å². The predicted octanol–water partition coefficient (Wildman–Crippen LogP) is -4.31. The van der Waals surface area contributed by atoms with Gasteiger partial charge >= 0.3 is 23.9 Å². The topological polar surface area (TPSA) is 323 Å². The molecule has 1 aliphatic rings. The third-order valence-electron chi connectivity index (χ3n) is 7.37. The van der Waals surface area contributed by atoms with Crippen molar-refractivity contribution < 1.29 is 76.7 Å². The summed E-state index contributed by atoms with van der Waals surface area (Å²) in [6.45, 7) is 5.13. The molecule has 0 spiro atoms. The lowest BCUT2D eigenvalue weighted by atomic mass is 9.98. The van der Waals surface area contributed by atoms with E-state index in [-0.39, 0.29) is 5.92 Å². The molecule has 0 aromatic carbocycles. The molecule has 0 aromatic heterocycles. The van der Waals surface area contributed by atoms with Gasteiger partial charge in [-0.3, -0.25) is 47.9 Å². The summed E-state index contributed by atoms with van der Waals surface area (Å²) in [5, 5.41) is 21.2. The third-order valence-corrected chi connectivity index (χ3v) is 7.37. The first kappa shape index (κ1) is 45.6. The largest absolute Gasteiger partial charge is 0.456 e. The number of hydrogen-bond donors (Lipinski definition) is 7. The minimum Gasteiger partial charge on any atom is -0.456 e. The minimum atomic E-state index is -1.65. The fraction of sp³-hybridized carbons (Fsp3) is 0.677. The van der Waals surface area contributed by atoms with Crippen LogP contribution in [0.2, 0.25) is 0 Å². The first-order valence-corrected chi connectivity index (χ1v) is 16.4. The Hall–Kier alpha value is -5.38. The molecule has 0 bridgehead atoms. The first-order chi connectivity index (χ1) is 24.8. The van der Waals surface area contributed by atoms with Gasteiger partial charge in [0.05, 0.1) is 26.3 Å². The van der Waals surface area contributed by atoms with E-state index in [0.29, 0.717) is 6.42 Å². The highest BCUT2D eigenvalue weighted by Gasteiger charge is 2.48. The normalized spacial score (nSPS) is 20.1. The minimum absolute atomic E-state index is 0.377. The van der Waals surface area contributed by atoms with Crippen molar-refractivity contribution in [2.75, 3.05) is 26.3 Å². The molecule has 6 amide bonds. The number of nitrogens with two attached hydrogens (primary N) is 1. The molecular weight excluding hydrogens is 712 g/mol. The Balaban J connectivity index is 2.92. The van der Waals surface area contributed by atoms with Crippen LogP contribution in [0.3, 0.4) is 0 Å². The van der Waals surface area contributed by atoms with Crippen LogP contribution in [0, 0.1) is 5.92 Å². The maximum atomic E-state index is 13.1. The lowest BCUT2D eigenvalue weighted by Gasteiger charge is -2.39. The summed E-state index contributed by atoms with van der Waals surface area (Å²) >= 11 is 0. The van der Waals surface area contributed by atoms with Crippen molar-refractivity contribution in [1.29, 1.82) is 0 Å². The zero-order chi connectivity index (χ0) is 40.4.